The van der Waals surface area contributed by atoms with Crippen molar-refractivity contribution in [2.45, 2.75) is 82.5 Å². The summed E-state index contributed by atoms with van der Waals surface area (Å²) in [5, 5.41) is 8.82. The molecule has 2 aromatic heterocycles. The molecule has 2 aliphatic carbocycles. The molecule has 6 fully saturated rings. The maximum atomic E-state index is 14.1. The average Bonchev–Trinajstić information content (AvgIpc) is 3.87. The third-order valence-corrected chi connectivity index (χ3v) is 13.7. The van der Waals surface area contributed by atoms with Gasteiger partial charge in [0.15, 0.2) is 12.4 Å². The highest BCUT2D eigenvalue weighted by atomic mass is 19.4. The molecule has 2 saturated carbocycles. The van der Waals surface area contributed by atoms with Crippen LogP contribution in [0.5, 0.6) is 11.8 Å². The van der Waals surface area contributed by atoms with Crippen LogP contribution >= 0.6 is 0 Å². The van der Waals surface area contributed by atoms with Crippen molar-refractivity contribution >= 4 is 33.5 Å². The number of piperidine rings is 2. The van der Waals surface area contributed by atoms with E-state index >= 15 is 0 Å². The van der Waals surface area contributed by atoms with E-state index in [-0.39, 0.29) is 40.5 Å². The number of aromatic nitrogens is 4. The topological polar surface area (TPSA) is 109 Å². The van der Waals surface area contributed by atoms with Gasteiger partial charge in [0.05, 0.1) is 31.0 Å². The van der Waals surface area contributed by atoms with E-state index in [0.717, 1.165) is 105 Å². The molecule has 4 aromatic rings. The largest absolute Gasteiger partial charge is 0.481 e. The average molecular weight is 772 g/mol. The lowest BCUT2D eigenvalue weighted by atomic mass is 9.61. The maximum Gasteiger partial charge on any atom is 0.422 e. The quantitative estimate of drug-likeness (QED) is 0.181. The summed E-state index contributed by atoms with van der Waals surface area (Å²) in [4.78, 5) is 29.0. The molecule has 14 heteroatoms. The number of halogens is 3. The van der Waals surface area contributed by atoms with Gasteiger partial charge in [-0.15, -0.1) is 0 Å². The summed E-state index contributed by atoms with van der Waals surface area (Å²) in [7, 11) is 0. The number of aromatic amines is 1. The fourth-order valence-corrected chi connectivity index (χ4v) is 10.1. The Morgan fingerprint density at radius 2 is 1.75 bits per heavy atom. The number of ether oxygens (including phenoxy) is 3. The molecule has 0 radical (unpaired) electrons. The van der Waals surface area contributed by atoms with E-state index in [1.54, 1.807) is 6.20 Å². The number of likely N-dealkylation sites (tertiary alicyclic amines) is 2. The van der Waals surface area contributed by atoms with Crippen LogP contribution in [-0.4, -0.2) is 113 Å². The number of carbonyl (C=O) groups excluding carboxylic acids is 1. The molecule has 6 heterocycles. The zero-order valence-corrected chi connectivity index (χ0v) is 31.8. The Morgan fingerprint density at radius 1 is 1.02 bits per heavy atom. The first-order valence-corrected chi connectivity index (χ1v) is 20.2. The summed E-state index contributed by atoms with van der Waals surface area (Å²) in [6.45, 7) is 10.7. The summed E-state index contributed by atoms with van der Waals surface area (Å²) in [5.41, 5.74) is 4.65. The van der Waals surface area contributed by atoms with Crippen molar-refractivity contribution in [2.75, 3.05) is 64.0 Å². The van der Waals surface area contributed by atoms with Crippen LogP contribution < -0.4 is 14.4 Å². The van der Waals surface area contributed by atoms with Gasteiger partial charge in [0, 0.05) is 47.9 Å². The number of hydrogen-bond acceptors (Lipinski definition) is 9. The lowest BCUT2D eigenvalue weighted by Gasteiger charge is -2.54. The Hall–Kier alpha value is -4.43. The molecule has 4 saturated heterocycles. The van der Waals surface area contributed by atoms with Crippen LogP contribution in [0.1, 0.15) is 68.4 Å². The molecule has 0 atom stereocenters. The minimum atomic E-state index is -4.57. The number of H-pyrrole nitrogens is 1. The van der Waals surface area contributed by atoms with E-state index in [0.29, 0.717) is 54.5 Å². The monoisotopic (exact) mass is 771 g/mol. The van der Waals surface area contributed by atoms with Crippen molar-refractivity contribution in [3.05, 3.63) is 48.2 Å². The molecule has 0 unspecified atom stereocenters. The van der Waals surface area contributed by atoms with E-state index in [1.807, 2.05) is 24.0 Å². The third kappa shape index (κ3) is 6.36. The number of nitrogens with one attached hydrogen (secondary N) is 1. The highest BCUT2D eigenvalue weighted by molar-refractivity contribution is 6.06. The first-order valence-electron chi connectivity index (χ1n) is 20.2. The van der Waals surface area contributed by atoms with Crippen LogP contribution in [0, 0.1) is 17.8 Å². The van der Waals surface area contributed by atoms with Gasteiger partial charge in [-0.25, -0.2) is 0 Å². The predicted octanol–water partition coefficient (Wildman–Crippen LogP) is 6.94. The minimum absolute atomic E-state index is 0.0347. The summed E-state index contributed by atoms with van der Waals surface area (Å²) in [6.07, 6.45) is 6.04. The van der Waals surface area contributed by atoms with Crippen LogP contribution in [0.25, 0.3) is 32.9 Å². The molecule has 10 rings (SSSR count). The lowest BCUT2D eigenvalue weighted by Crippen LogP contribution is -2.61. The number of amides is 1. The van der Waals surface area contributed by atoms with Gasteiger partial charge in [-0.2, -0.15) is 28.2 Å². The number of nitrogens with zero attached hydrogens (tertiary/aromatic N) is 6. The number of rotatable bonds is 9. The molecule has 296 valence electrons. The number of hydrogen-bond donors (Lipinski definition) is 1. The second kappa shape index (κ2) is 13.3. The second-order valence-electron chi connectivity index (χ2n) is 17.4. The van der Waals surface area contributed by atoms with E-state index in [2.05, 4.69) is 32.6 Å². The Bertz CT molecular complexity index is 2180. The third-order valence-electron chi connectivity index (χ3n) is 13.7. The van der Waals surface area contributed by atoms with Crippen molar-refractivity contribution in [1.29, 1.82) is 0 Å². The van der Waals surface area contributed by atoms with Crippen LogP contribution in [0.3, 0.4) is 0 Å². The van der Waals surface area contributed by atoms with Crippen molar-refractivity contribution in [1.82, 2.24) is 30.0 Å². The van der Waals surface area contributed by atoms with Crippen LogP contribution in [0.2, 0.25) is 0 Å². The van der Waals surface area contributed by atoms with Gasteiger partial charge in [0.25, 0.3) is 0 Å². The fourth-order valence-electron chi connectivity index (χ4n) is 10.1. The minimum Gasteiger partial charge on any atom is -0.481 e. The molecule has 2 aromatic carbocycles. The molecular weight excluding hydrogens is 724 g/mol. The first kappa shape index (κ1) is 35.9. The Morgan fingerprint density at radius 3 is 2.41 bits per heavy atom. The van der Waals surface area contributed by atoms with Gasteiger partial charge in [-0.1, -0.05) is 12.6 Å². The molecule has 1 N–H and O–H groups in total. The molecule has 4 aliphatic heterocycles. The highest BCUT2D eigenvalue weighted by Crippen LogP contribution is 2.54. The van der Waals surface area contributed by atoms with Crippen LogP contribution in [0.15, 0.2) is 37.1 Å². The zero-order valence-electron chi connectivity index (χ0n) is 31.8. The SMILES string of the molecule is C=CC(=O)N1CC2(CCN(c3nc(OC4CC5(CCN(C6COC6)CC5)C4)nc4c(OCC(F)(F)F)c(-c5c(C)ccc6[nH]ncc56)c(C5CC5)cc34)CC2)C1. The van der Waals surface area contributed by atoms with E-state index in [4.69, 9.17) is 24.2 Å². The highest BCUT2D eigenvalue weighted by Gasteiger charge is 2.49. The molecule has 0 bridgehead atoms. The predicted molar refractivity (Wildman–Crippen MR) is 205 cm³/mol. The fraction of sp³-hybridized carbons (Fsp3) is 0.571. The number of anilines is 1. The first-order chi connectivity index (χ1) is 27.0. The zero-order chi connectivity index (χ0) is 38.4. The Kier molecular flexibility index (Phi) is 8.55. The van der Waals surface area contributed by atoms with Crippen molar-refractivity contribution < 1.29 is 32.2 Å². The van der Waals surface area contributed by atoms with Gasteiger partial charge in [-0.3, -0.25) is 14.8 Å². The number of aryl methyl sites for hydroxylation is 1. The van der Waals surface area contributed by atoms with E-state index < -0.39 is 12.8 Å². The van der Waals surface area contributed by atoms with Gasteiger partial charge in [0.1, 0.15) is 17.4 Å². The number of fused-ring (bicyclic) bond motifs is 2. The summed E-state index contributed by atoms with van der Waals surface area (Å²) in [6, 6.07) is 6.72. The second-order valence-corrected chi connectivity index (χ2v) is 17.4. The van der Waals surface area contributed by atoms with Gasteiger partial charge >= 0.3 is 12.2 Å². The molecule has 2 spiro atoms. The molecule has 56 heavy (non-hydrogen) atoms. The van der Waals surface area contributed by atoms with Crippen LogP contribution in [-0.2, 0) is 9.53 Å². The molecule has 11 nitrogen and oxygen atoms in total. The van der Waals surface area contributed by atoms with E-state index in [9.17, 15) is 18.0 Å². The van der Waals surface area contributed by atoms with Crippen molar-refractivity contribution in [2.24, 2.45) is 10.8 Å². The number of alkyl halides is 3. The van der Waals surface area contributed by atoms with Crippen LogP contribution in [0.4, 0.5) is 19.0 Å². The summed E-state index contributed by atoms with van der Waals surface area (Å²) >= 11 is 0. The lowest BCUT2D eigenvalue weighted by molar-refractivity contribution is -0.153. The maximum absolute atomic E-state index is 14.1. The summed E-state index contributed by atoms with van der Waals surface area (Å²) in [5.74, 6) is 0.881. The normalized spacial score (nSPS) is 22.6. The number of benzene rings is 2. The number of carbonyl (C=O) groups is 1. The molecule has 1 amide bonds. The summed E-state index contributed by atoms with van der Waals surface area (Å²) < 4.78 is 60.5. The Labute approximate surface area is 323 Å². The smallest absolute Gasteiger partial charge is 0.422 e. The van der Waals surface area contributed by atoms with Gasteiger partial charge in [0.2, 0.25) is 5.91 Å². The standard InChI is InChI=1S/C42H48F3N7O4/c1-3-33(53)52-22-41(23-52)10-14-51(15-11-41)38-30-16-29(26-5-6-26)35(34-25(2)4-7-32-31(34)19-46-49-32)37(55-24-42(43,44)45)36(30)47-39(48-38)56-28-17-40(18-28)8-12-50(13-9-40)27-20-54-21-27/h3-4,7,16,19,26-28H,1,5-6,8-15,17-18,20-24H2,2H3,(H,46,49). The van der Waals surface area contributed by atoms with Crippen molar-refractivity contribution in [3.63, 3.8) is 0 Å². The van der Waals surface area contributed by atoms with E-state index in [1.165, 1.54) is 6.08 Å². The molecular formula is C42H48F3N7O4. The van der Waals surface area contributed by atoms with Gasteiger partial charge < -0.3 is 24.0 Å². The Balaban J connectivity index is 1.05. The molecule has 6 aliphatic rings. The van der Waals surface area contributed by atoms with Gasteiger partial charge in [-0.05, 0) is 118 Å². The van der Waals surface area contributed by atoms with Crippen molar-refractivity contribution in [3.8, 4) is 22.9 Å².